The monoisotopic (exact) mass is 422 g/mol. The Morgan fingerprint density at radius 1 is 1.24 bits per heavy atom. The lowest BCUT2D eigenvalue weighted by molar-refractivity contribution is -0.117. The number of furan rings is 1. The minimum Gasteiger partial charge on any atom is -0.503 e. The first-order valence-corrected chi connectivity index (χ1v) is 10.5. The summed E-state index contributed by atoms with van der Waals surface area (Å²) in [7, 11) is 0. The molecule has 6 nitrogen and oxygen atoms in total. The van der Waals surface area contributed by atoms with E-state index in [1.165, 1.54) is 39.9 Å². The predicted octanol–water partition coefficient (Wildman–Crippen LogP) is 5.04. The molecule has 0 fully saturated rings. The number of hydrogen-bond acceptors (Lipinski definition) is 7. The van der Waals surface area contributed by atoms with Crippen LogP contribution in [0.1, 0.15) is 27.0 Å². The number of hydrogen-bond donors (Lipinski definition) is 1. The summed E-state index contributed by atoms with van der Waals surface area (Å²) in [5, 5.41) is 13.0. The Labute approximate surface area is 173 Å². The van der Waals surface area contributed by atoms with Crippen LogP contribution in [0.2, 0.25) is 0 Å². The normalized spacial score (nSPS) is 16.9. The highest BCUT2D eigenvalue weighted by Crippen LogP contribution is 2.45. The molecule has 0 saturated carbocycles. The van der Waals surface area contributed by atoms with Gasteiger partial charge >= 0.3 is 0 Å². The molecule has 0 saturated heterocycles. The Balaban J connectivity index is 1.67. The van der Waals surface area contributed by atoms with Crippen molar-refractivity contribution in [2.45, 2.75) is 13.0 Å². The molecule has 144 valence electrons. The van der Waals surface area contributed by atoms with E-state index in [0.717, 1.165) is 20.7 Å². The fraction of sp³-hybridized carbons (Fsp3) is 0.0952. The van der Waals surface area contributed by atoms with Crippen LogP contribution in [0.15, 0.2) is 69.9 Å². The van der Waals surface area contributed by atoms with Crippen LogP contribution in [0.5, 0.6) is 0 Å². The van der Waals surface area contributed by atoms with E-state index in [0.29, 0.717) is 5.13 Å². The number of carbonyl (C=O) groups excluding carboxylic acids is 2. The maximum absolute atomic E-state index is 13.1. The Bertz CT molecular complexity index is 1270. The fourth-order valence-electron chi connectivity index (χ4n) is 3.41. The number of aliphatic hydroxyl groups is 1. The average molecular weight is 422 g/mol. The number of carbonyl (C=O) groups is 2. The van der Waals surface area contributed by atoms with Gasteiger partial charge in [0, 0.05) is 4.88 Å². The first kappa shape index (κ1) is 17.8. The van der Waals surface area contributed by atoms with E-state index in [-0.39, 0.29) is 11.3 Å². The van der Waals surface area contributed by atoms with Gasteiger partial charge in [-0.05, 0) is 48.2 Å². The zero-order valence-corrected chi connectivity index (χ0v) is 16.8. The predicted molar refractivity (Wildman–Crippen MR) is 112 cm³/mol. The van der Waals surface area contributed by atoms with E-state index < -0.39 is 23.5 Å². The van der Waals surface area contributed by atoms with Crippen LogP contribution in [-0.4, -0.2) is 21.8 Å². The number of amides is 1. The minimum atomic E-state index is -0.762. The molecule has 4 heterocycles. The van der Waals surface area contributed by atoms with Gasteiger partial charge in [-0.2, -0.15) is 0 Å². The van der Waals surface area contributed by atoms with Crippen LogP contribution in [0.25, 0.3) is 10.2 Å². The maximum atomic E-state index is 13.1. The number of ketones is 1. The molecule has 29 heavy (non-hydrogen) atoms. The van der Waals surface area contributed by atoms with Gasteiger partial charge in [-0.25, -0.2) is 4.98 Å². The van der Waals surface area contributed by atoms with Gasteiger partial charge in [0.1, 0.15) is 6.04 Å². The van der Waals surface area contributed by atoms with Crippen molar-refractivity contribution in [1.82, 2.24) is 4.98 Å². The van der Waals surface area contributed by atoms with Gasteiger partial charge in [0.15, 0.2) is 16.7 Å². The largest absolute Gasteiger partial charge is 0.503 e. The topological polar surface area (TPSA) is 83.6 Å². The molecule has 1 amide bonds. The van der Waals surface area contributed by atoms with Crippen molar-refractivity contribution >= 4 is 49.7 Å². The van der Waals surface area contributed by atoms with Crippen molar-refractivity contribution in [1.29, 1.82) is 0 Å². The minimum absolute atomic E-state index is 0.00263. The molecule has 5 rings (SSSR count). The second-order valence-electron chi connectivity index (χ2n) is 6.63. The average Bonchev–Trinajstić information content (AvgIpc) is 3.49. The first-order chi connectivity index (χ1) is 14.0. The van der Waals surface area contributed by atoms with Gasteiger partial charge in [-0.15, -0.1) is 11.3 Å². The van der Waals surface area contributed by atoms with E-state index in [9.17, 15) is 14.7 Å². The third-order valence-electron chi connectivity index (χ3n) is 4.75. The van der Waals surface area contributed by atoms with Crippen molar-refractivity contribution in [3.05, 3.63) is 81.6 Å². The van der Waals surface area contributed by atoms with Crippen molar-refractivity contribution in [3.63, 3.8) is 0 Å². The Kier molecular flexibility index (Phi) is 4.11. The van der Waals surface area contributed by atoms with Crippen LogP contribution in [0.3, 0.4) is 0 Å². The van der Waals surface area contributed by atoms with Gasteiger partial charge in [0.2, 0.25) is 5.78 Å². The third kappa shape index (κ3) is 2.80. The maximum Gasteiger partial charge on any atom is 0.296 e. The summed E-state index contributed by atoms with van der Waals surface area (Å²) in [6.07, 6.45) is 1.38. The molecule has 0 unspecified atom stereocenters. The molecule has 3 aromatic heterocycles. The number of thiophene rings is 1. The van der Waals surface area contributed by atoms with Crippen LogP contribution in [0.4, 0.5) is 5.13 Å². The molecule has 4 aromatic rings. The number of anilines is 1. The number of aromatic nitrogens is 1. The van der Waals surface area contributed by atoms with E-state index in [1.54, 1.807) is 6.07 Å². The summed E-state index contributed by atoms with van der Waals surface area (Å²) in [6.45, 7) is 1.99. The number of fused-ring (bicyclic) bond motifs is 1. The highest BCUT2D eigenvalue weighted by molar-refractivity contribution is 7.22. The van der Waals surface area contributed by atoms with Gasteiger partial charge in [0.25, 0.3) is 5.91 Å². The summed E-state index contributed by atoms with van der Waals surface area (Å²) in [5.74, 6) is -1.66. The van der Waals surface area contributed by atoms with Crippen LogP contribution >= 0.6 is 22.7 Å². The van der Waals surface area contributed by atoms with Gasteiger partial charge < -0.3 is 9.52 Å². The van der Waals surface area contributed by atoms with Crippen molar-refractivity contribution in [3.8, 4) is 0 Å². The fourth-order valence-corrected chi connectivity index (χ4v) is 5.33. The van der Waals surface area contributed by atoms with Gasteiger partial charge in [0.05, 0.1) is 22.1 Å². The molecule has 1 atom stereocenters. The number of aryl methyl sites for hydroxylation is 1. The number of Topliss-reactive ketones (excluding diaryl/α,β-unsaturated/α-hetero) is 1. The lowest BCUT2D eigenvalue weighted by Gasteiger charge is -2.22. The molecule has 0 aliphatic carbocycles. The van der Waals surface area contributed by atoms with E-state index >= 15 is 0 Å². The lowest BCUT2D eigenvalue weighted by atomic mass is 10.0. The van der Waals surface area contributed by atoms with Crippen LogP contribution in [0, 0.1) is 6.92 Å². The first-order valence-electron chi connectivity index (χ1n) is 8.80. The SMILES string of the molecule is Cc1ccc2nc(N3C(=O)C(O)=C(C(=O)c4ccco4)[C@@H]3c3cccs3)sc2c1. The molecule has 1 aliphatic heterocycles. The third-order valence-corrected chi connectivity index (χ3v) is 6.69. The second-order valence-corrected chi connectivity index (χ2v) is 8.62. The van der Waals surface area contributed by atoms with Gasteiger partial charge in [-0.3, -0.25) is 14.5 Å². The van der Waals surface area contributed by atoms with E-state index in [1.807, 2.05) is 42.6 Å². The summed E-state index contributed by atoms with van der Waals surface area (Å²) in [5.41, 5.74) is 1.85. The number of nitrogens with zero attached hydrogens (tertiary/aromatic N) is 2. The molecule has 8 heteroatoms. The molecule has 1 N–H and O–H groups in total. The molecule has 0 bridgehead atoms. The van der Waals surface area contributed by atoms with E-state index in [2.05, 4.69) is 4.98 Å². The Morgan fingerprint density at radius 3 is 2.83 bits per heavy atom. The highest BCUT2D eigenvalue weighted by atomic mass is 32.1. The molecule has 1 aliphatic rings. The molecule has 0 radical (unpaired) electrons. The smallest absolute Gasteiger partial charge is 0.296 e. The molecule has 1 aromatic carbocycles. The Hall–Kier alpha value is -3.23. The molecular weight excluding hydrogens is 408 g/mol. The summed E-state index contributed by atoms with van der Waals surface area (Å²) < 4.78 is 6.16. The van der Waals surface area contributed by atoms with Crippen molar-refractivity contribution in [2.75, 3.05) is 4.90 Å². The number of benzene rings is 1. The molecule has 0 spiro atoms. The van der Waals surface area contributed by atoms with Crippen LogP contribution in [-0.2, 0) is 4.79 Å². The van der Waals surface area contributed by atoms with Crippen molar-refractivity contribution in [2.24, 2.45) is 0 Å². The molecular formula is C21H14N2O4S2. The highest BCUT2D eigenvalue weighted by Gasteiger charge is 2.46. The zero-order valence-electron chi connectivity index (χ0n) is 15.2. The van der Waals surface area contributed by atoms with Crippen LogP contribution < -0.4 is 4.90 Å². The standard InChI is InChI=1S/C21H14N2O4S2/c1-11-6-7-12-15(10-11)29-21(22-12)23-17(14-5-3-9-28-14)16(19(25)20(23)26)18(24)13-4-2-8-27-13/h2-10,17,25H,1H3/t17-/m0/s1. The number of aliphatic hydroxyl groups excluding tert-OH is 1. The zero-order chi connectivity index (χ0) is 20.1. The van der Waals surface area contributed by atoms with Crippen molar-refractivity contribution < 1.29 is 19.1 Å². The second kappa shape index (κ2) is 6.68. The van der Waals surface area contributed by atoms with Gasteiger partial charge in [-0.1, -0.05) is 23.5 Å². The summed E-state index contributed by atoms with van der Waals surface area (Å²) >= 11 is 2.76. The Morgan fingerprint density at radius 2 is 2.10 bits per heavy atom. The number of thiazole rings is 1. The lowest BCUT2D eigenvalue weighted by Crippen LogP contribution is -2.30. The van der Waals surface area contributed by atoms with E-state index in [4.69, 9.17) is 4.42 Å². The summed E-state index contributed by atoms with van der Waals surface area (Å²) in [4.78, 5) is 32.9. The quantitative estimate of drug-likeness (QED) is 0.466. The summed E-state index contributed by atoms with van der Waals surface area (Å²) in [6, 6.07) is 11.9. The number of rotatable bonds is 4.